The van der Waals surface area contributed by atoms with Crippen LogP contribution in [0.25, 0.3) is 0 Å². The lowest BCUT2D eigenvalue weighted by Gasteiger charge is -2.31. The molecule has 4 heteroatoms. The van der Waals surface area contributed by atoms with E-state index in [0.29, 0.717) is 19.1 Å². The minimum atomic E-state index is -0.0159. The first kappa shape index (κ1) is 15.4. The largest absolute Gasteiger partial charge is 0.380 e. The highest BCUT2D eigenvalue weighted by Crippen LogP contribution is 2.21. The van der Waals surface area contributed by atoms with Crippen LogP contribution in [-0.2, 0) is 9.53 Å². The first-order valence-corrected chi connectivity index (χ1v) is 7.17. The van der Waals surface area contributed by atoms with Gasteiger partial charge in [0.05, 0.1) is 24.9 Å². The maximum Gasteiger partial charge on any atom is 0.241 e. The normalized spacial score (nSPS) is 26.1. The van der Waals surface area contributed by atoms with Crippen molar-refractivity contribution < 1.29 is 9.53 Å². The maximum absolute atomic E-state index is 12.3. The van der Waals surface area contributed by atoms with Crippen LogP contribution in [0.1, 0.15) is 47.5 Å². The third-order valence-electron chi connectivity index (χ3n) is 3.42. The third-order valence-corrected chi connectivity index (χ3v) is 3.42. The maximum atomic E-state index is 12.3. The van der Waals surface area contributed by atoms with E-state index in [9.17, 15) is 4.79 Å². The predicted molar refractivity (Wildman–Crippen MR) is 73.3 cm³/mol. The minimum Gasteiger partial charge on any atom is -0.380 e. The molecule has 1 aliphatic rings. The summed E-state index contributed by atoms with van der Waals surface area (Å²) >= 11 is 0. The first-order valence-electron chi connectivity index (χ1n) is 7.17. The lowest BCUT2D eigenvalue weighted by molar-refractivity contribution is -0.133. The molecule has 1 aliphatic heterocycles. The monoisotopic (exact) mass is 256 g/mol. The SMILES string of the molecule is CCOCC(C)N1C(=O)C(CC)NC1CC(C)C. The van der Waals surface area contributed by atoms with Crippen molar-refractivity contribution in [2.45, 2.75) is 65.7 Å². The highest BCUT2D eigenvalue weighted by atomic mass is 16.5. The summed E-state index contributed by atoms with van der Waals surface area (Å²) in [5, 5.41) is 3.45. The predicted octanol–water partition coefficient (Wildman–Crippen LogP) is 1.99. The van der Waals surface area contributed by atoms with E-state index in [1.54, 1.807) is 0 Å². The molecule has 1 fully saturated rings. The number of ether oxygens (including phenoxy) is 1. The van der Waals surface area contributed by atoms with Crippen molar-refractivity contribution in [3.05, 3.63) is 0 Å². The number of hydrogen-bond acceptors (Lipinski definition) is 3. The zero-order valence-corrected chi connectivity index (χ0v) is 12.4. The number of nitrogens with zero attached hydrogens (tertiary/aromatic N) is 1. The summed E-state index contributed by atoms with van der Waals surface area (Å²) in [5.41, 5.74) is 0. The fourth-order valence-electron chi connectivity index (χ4n) is 2.53. The average Bonchev–Trinajstić information content (AvgIpc) is 2.61. The smallest absolute Gasteiger partial charge is 0.241 e. The van der Waals surface area contributed by atoms with Gasteiger partial charge in [0.25, 0.3) is 0 Å². The Morgan fingerprint density at radius 3 is 2.50 bits per heavy atom. The lowest BCUT2D eigenvalue weighted by atomic mass is 10.1. The Kier molecular flexibility index (Phi) is 6.09. The van der Waals surface area contributed by atoms with E-state index in [1.165, 1.54) is 0 Å². The molecule has 0 aromatic rings. The molecule has 1 amide bonds. The van der Waals surface area contributed by atoms with Crippen LogP contribution >= 0.6 is 0 Å². The van der Waals surface area contributed by atoms with E-state index in [2.05, 4.69) is 33.0 Å². The third kappa shape index (κ3) is 3.69. The molecule has 3 unspecified atom stereocenters. The molecule has 18 heavy (non-hydrogen) atoms. The van der Waals surface area contributed by atoms with Crippen LogP contribution in [0, 0.1) is 5.92 Å². The number of hydrogen-bond donors (Lipinski definition) is 1. The van der Waals surface area contributed by atoms with Crippen LogP contribution in [-0.4, -0.2) is 42.3 Å². The van der Waals surface area contributed by atoms with Gasteiger partial charge in [0.1, 0.15) is 0 Å². The molecule has 3 atom stereocenters. The Morgan fingerprint density at radius 2 is 2.00 bits per heavy atom. The van der Waals surface area contributed by atoms with Gasteiger partial charge in [0.15, 0.2) is 0 Å². The fraction of sp³-hybridized carbons (Fsp3) is 0.929. The van der Waals surface area contributed by atoms with E-state index in [0.717, 1.165) is 12.8 Å². The number of rotatable bonds is 7. The number of carbonyl (C=O) groups excluding carboxylic acids is 1. The summed E-state index contributed by atoms with van der Waals surface area (Å²) in [6, 6.07) is 0.128. The summed E-state index contributed by atoms with van der Waals surface area (Å²) in [5.74, 6) is 0.808. The second-order valence-corrected chi connectivity index (χ2v) is 5.53. The van der Waals surface area contributed by atoms with Crippen LogP contribution in [0.15, 0.2) is 0 Å². The van der Waals surface area contributed by atoms with E-state index >= 15 is 0 Å². The van der Waals surface area contributed by atoms with Gasteiger partial charge < -0.3 is 9.64 Å². The Hall–Kier alpha value is -0.610. The molecule has 0 aliphatic carbocycles. The number of amides is 1. The van der Waals surface area contributed by atoms with Gasteiger partial charge in [-0.05, 0) is 32.6 Å². The highest BCUT2D eigenvalue weighted by Gasteiger charge is 2.40. The molecule has 1 N–H and O–H groups in total. The summed E-state index contributed by atoms with van der Waals surface area (Å²) in [7, 11) is 0. The van der Waals surface area contributed by atoms with Crippen molar-refractivity contribution in [2.24, 2.45) is 5.92 Å². The van der Waals surface area contributed by atoms with Crippen molar-refractivity contribution >= 4 is 5.91 Å². The Labute approximate surface area is 111 Å². The van der Waals surface area contributed by atoms with Crippen LogP contribution in [0.2, 0.25) is 0 Å². The van der Waals surface area contributed by atoms with Gasteiger partial charge >= 0.3 is 0 Å². The Bertz CT molecular complexity index is 269. The molecule has 1 rings (SSSR count). The summed E-state index contributed by atoms with van der Waals surface area (Å²) < 4.78 is 5.46. The van der Waals surface area contributed by atoms with E-state index in [1.807, 2.05) is 11.8 Å². The van der Waals surface area contributed by atoms with E-state index in [4.69, 9.17) is 4.74 Å². The average molecular weight is 256 g/mol. The number of nitrogens with one attached hydrogen (secondary N) is 1. The highest BCUT2D eigenvalue weighted by molar-refractivity contribution is 5.84. The van der Waals surface area contributed by atoms with Crippen molar-refractivity contribution in [2.75, 3.05) is 13.2 Å². The Balaban J connectivity index is 2.71. The molecule has 106 valence electrons. The topological polar surface area (TPSA) is 41.6 Å². The summed E-state index contributed by atoms with van der Waals surface area (Å²) in [4.78, 5) is 14.3. The molecular formula is C14H28N2O2. The van der Waals surface area contributed by atoms with Crippen LogP contribution < -0.4 is 5.32 Å². The molecule has 0 saturated carbocycles. The summed E-state index contributed by atoms with van der Waals surface area (Å²) in [6.45, 7) is 11.8. The van der Waals surface area contributed by atoms with Gasteiger partial charge in [0, 0.05) is 6.61 Å². The van der Waals surface area contributed by atoms with Gasteiger partial charge in [0.2, 0.25) is 5.91 Å². The lowest BCUT2D eigenvalue weighted by Crippen LogP contribution is -2.46. The summed E-state index contributed by atoms with van der Waals surface area (Å²) in [6.07, 6.45) is 2.02. The molecule has 0 spiro atoms. The zero-order valence-electron chi connectivity index (χ0n) is 12.4. The van der Waals surface area contributed by atoms with Gasteiger partial charge in [-0.25, -0.2) is 0 Å². The standard InChI is InChI=1S/C14H28N2O2/c1-6-12-14(17)16(11(5)9-18-7-2)13(15-12)8-10(3)4/h10-13,15H,6-9H2,1-5H3. The zero-order chi connectivity index (χ0) is 13.7. The molecule has 1 saturated heterocycles. The minimum absolute atomic E-state index is 0.0159. The van der Waals surface area contributed by atoms with Crippen LogP contribution in [0.5, 0.6) is 0 Å². The number of carbonyl (C=O) groups is 1. The van der Waals surface area contributed by atoms with Crippen LogP contribution in [0.4, 0.5) is 0 Å². The first-order chi connectivity index (χ1) is 8.51. The van der Waals surface area contributed by atoms with Gasteiger partial charge in [-0.15, -0.1) is 0 Å². The molecule has 4 nitrogen and oxygen atoms in total. The van der Waals surface area contributed by atoms with Crippen molar-refractivity contribution in [1.29, 1.82) is 0 Å². The molecule has 0 aromatic carbocycles. The van der Waals surface area contributed by atoms with Crippen LogP contribution in [0.3, 0.4) is 0 Å². The second kappa shape index (κ2) is 7.10. The van der Waals surface area contributed by atoms with Crippen molar-refractivity contribution in [3.8, 4) is 0 Å². The molecule has 0 aromatic heterocycles. The fourth-order valence-corrected chi connectivity index (χ4v) is 2.53. The van der Waals surface area contributed by atoms with Gasteiger partial charge in [-0.2, -0.15) is 0 Å². The van der Waals surface area contributed by atoms with Crippen molar-refractivity contribution in [1.82, 2.24) is 10.2 Å². The quantitative estimate of drug-likeness (QED) is 0.757. The molecule has 0 radical (unpaired) electrons. The van der Waals surface area contributed by atoms with Crippen molar-refractivity contribution in [3.63, 3.8) is 0 Å². The van der Waals surface area contributed by atoms with Gasteiger partial charge in [-0.1, -0.05) is 20.8 Å². The second-order valence-electron chi connectivity index (χ2n) is 5.53. The molecule has 0 bridgehead atoms. The van der Waals surface area contributed by atoms with Gasteiger partial charge in [-0.3, -0.25) is 10.1 Å². The van der Waals surface area contributed by atoms with E-state index in [-0.39, 0.29) is 24.2 Å². The molecule has 1 heterocycles. The van der Waals surface area contributed by atoms with E-state index < -0.39 is 0 Å². The Morgan fingerprint density at radius 1 is 1.33 bits per heavy atom. The molecular weight excluding hydrogens is 228 g/mol.